The van der Waals surface area contributed by atoms with Crippen molar-refractivity contribution in [1.29, 1.82) is 0 Å². The maximum atomic E-state index is 11.7. The molecule has 116 valence electrons. The van der Waals surface area contributed by atoms with Crippen LogP contribution in [0.4, 0.5) is 0 Å². The largest absolute Gasteiger partial charge is 0.493 e. The maximum absolute atomic E-state index is 11.7. The van der Waals surface area contributed by atoms with E-state index in [0.29, 0.717) is 31.0 Å². The molecule has 1 amide bonds. The van der Waals surface area contributed by atoms with Gasteiger partial charge in [0.2, 0.25) is 5.91 Å². The predicted molar refractivity (Wildman–Crippen MR) is 87.0 cm³/mol. The Morgan fingerprint density at radius 3 is 2.95 bits per heavy atom. The Hall–Kier alpha value is -2.07. The third-order valence-corrected chi connectivity index (χ3v) is 3.39. The quantitative estimate of drug-likeness (QED) is 0.795. The van der Waals surface area contributed by atoms with Crippen LogP contribution in [0.5, 0.6) is 5.75 Å². The van der Waals surface area contributed by atoms with Crippen molar-refractivity contribution >= 4 is 17.5 Å². The summed E-state index contributed by atoms with van der Waals surface area (Å²) in [6, 6.07) is 9.28. The van der Waals surface area contributed by atoms with E-state index >= 15 is 0 Å². The average molecular weight is 319 g/mol. The van der Waals surface area contributed by atoms with Crippen LogP contribution in [0.25, 0.3) is 0 Å². The fourth-order valence-corrected chi connectivity index (χ4v) is 2.21. The van der Waals surface area contributed by atoms with Crippen molar-refractivity contribution in [3.05, 3.63) is 58.9 Å². The first kappa shape index (κ1) is 16.3. The Morgan fingerprint density at radius 2 is 2.23 bits per heavy atom. The number of aryl methyl sites for hydroxylation is 1. The number of carbonyl (C=O) groups is 1. The molecule has 1 N–H and O–H groups in total. The van der Waals surface area contributed by atoms with E-state index in [1.165, 1.54) is 0 Å². The van der Waals surface area contributed by atoms with Crippen molar-refractivity contribution in [2.45, 2.75) is 26.3 Å². The van der Waals surface area contributed by atoms with Gasteiger partial charge in [-0.15, -0.1) is 0 Å². The summed E-state index contributed by atoms with van der Waals surface area (Å²) < 4.78 is 5.66. The molecule has 4 nitrogen and oxygen atoms in total. The predicted octanol–water partition coefficient (Wildman–Crippen LogP) is 3.52. The van der Waals surface area contributed by atoms with Gasteiger partial charge in [0.1, 0.15) is 5.75 Å². The van der Waals surface area contributed by atoms with Crippen LogP contribution in [0.15, 0.2) is 42.7 Å². The Morgan fingerprint density at radius 1 is 1.36 bits per heavy atom. The van der Waals surface area contributed by atoms with Crippen LogP contribution >= 0.6 is 11.6 Å². The van der Waals surface area contributed by atoms with Crippen LogP contribution in [0.3, 0.4) is 0 Å². The molecule has 0 aliphatic heterocycles. The number of amides is 1. The zero-order valence-corrected chi connectivity index (χ0v) is 13.3. The molecule has 0 atom stereocenters. The van der Waals surface area contributed by atoms with Gasteiger partial charge in [0, 0.05) is 30.4 Å². The first-order chi connectivity index (χ1) is 10.6. The van der Waals surface area contributed by atoms with Crippen molar-refractivity contribution in [3.8, 4) is 5.75 Å². The zero-order valence-electron chi connectivity index (χ0n) is 12.5. The maximum Gasteiger partial charge on any atom is 0.220 e. The molecular formula is C17H19ClN2O2. The Kier molecular flexibility index (Phi) is 6.22. The SMILES string of the molecule is Cc1cc(Cl)ccc1OCCCC(=O)NCc1cccnc1. The molecule has 0 bridgehead atoms. The van der Waals surface area contributed by atoms with Gasteiger partial charge in [-0.3, -0.25) is 9.78 Å². The van der Waals surface area contributed by atoms with Gasteiger partial charge in [0.05, 0.1) is 6.61 Å². The molecule has 1 aromatic heterocycles. The lowest BCUT2D eigenvalue weighted by atomic mass is 10.2. The summed E-state index contributed by atoms with van der Waals surface area (Å²) in [7, 11) is 0. The van der Waals surface area contributed by atoms with Crippen LogP contribution in [0, 0.1) is 6.92 Å². The van der Waals surface area contributed by atoms with Crippen molar-refractivity contribution in [3.63, 3.8) is 0 Å². The number of nitrogens with one attached hydrogen (secondary N) is 1. The normalized spacial score (nSPS) is 10.3. The topological polar surface area (TPSA) is 51.2 Å². The van der Waals surface area contributed by atoms with E-state index in [9.17, 15) is 4.79 Å². The number of carbonyl (C=O) groups excluding carboxylic acids is 1. The van der Waals surface area contributed by atoms with Gasteiger partial charge in [-0.25, -0.2) is 0 Å². The van der Waals surface area contributed by atoms with Gasteiger partial charge in [-0.05, 0) is 48.7 Å². The molecule has 0 saturated carbocycles. The highest BCUT2D eigenvalue weighted by atomic mass is 35.5. The molecular weight excluding hydrogens is 300 g/mol. The van der Waals surface area contributed by atoms with Crippen LogP contribution in [0.2, 0.25) is 5.02 Å². The van der Waals surface area contributed by atoms with Gasteiger partial charge in [-0.2, -0.15) is 0 Å². The Bertz CT molecular complexity index is 617. The summed E-state index contributed by atoms with van der Waals surface area (Å²) in [5.41, 5.74) is 1.98. The number of hydrogen-bond donors (Lipinski definition) is 1. The average Bonchev–Trinajstić information content (AvgIpc) is 2.52. The monoisotopic (exact) mass is 318 g/mol. The van der Waals surface area contributed by atoms with Crippen LogP contribution in [0.1, 0.15) is 24.0 Å². The van der Waals surface area contributed by atoms with E-state index in [1.807, 2.05) is 31.2 Å². The molecule has 2 aromatic rings. The minimum absolute atomic E-state index is 0.0141. The van der Waals surface area contributed by atoms with Crippen LogP contribution < -0.4 is 10.1 Å². The van der Waals surface area contributed by atoms with Gasteiger partial charge in [0.15, 0.2) is 0 Å². The second-order valence-corrected chi connectivity index (χ2v) is 5.44. The van der Waals surface area contributed by atoms with Crippen molar-refractivity contribution in [1.82, 2.24) is 10.3 Å². The number of pyridine rings is 1. The number of benzene rings is 1. The number of ether oxygens (including phenoxy) is 1. The van der Waals surface area contributed by atoms with Gasteiger partial charge < -0.3 is 10.1 Å². The molecule has 22 heavy (non-hydrogen) atoms. The van der Waals surface area contributed by atoms with E-state index in [2.05, 4.69) is 10.3 Å². The lowest BCUT2D eigenvalue weighted by Gasteiger charge is -2.09. The van der Waals surface area contributed by atoms with E-state index in [4.69, 9.17) is 16.3 Å². The Balaban J connectivity index is 1.65. The third-order valence-electron chi connectivity index (χ3n) is 3.16. The summed E-state index contributed by atoms with van der Waals surface area (Å²) in [5, 5.41) is 3.56. The highest BCUT2D eigenvalue weighted by Crippen LogP contribution is 2.21. The van der Waals surface area contributed by atoms with Crippen LogP contribution in [-0.2, 0) is 11.3 Å². The smallest absolute Gasteiger partial charge is 0.220 e. The number of halogens is 1. The minimum atomic E-state index is 0.0141. The highest BCUT2D eigenvalue weighted by Gasteiger charge is 2.03. The minimum Gasteiger partial charge on any atom is -0.493 e. The van der Waals surface area contributed by atoms with E-state index in [-0.39, 0.29) is 5.91 Å². The number of hydrogen-bond acceptors (Lipinski definition) is 3. The highest BCUT2D eigenvalue weighted by molar-refractivity contribution is 6.30. The fraction of sp³-hybridized carbons (Fsp3) is 0.294. The molecule has 0 aliphatic rings. The van der Waals surface area contributed by atoms with Crippen LogP contribution in [-0.4, -0.2) is 17.5 Å². The molecule has 1 aromatic carbocycles. The zero-order chi connectivity index (χ0) is 15.8. The summed E-state index contributed by atoms with van der Waals surface area (Å²) in [5.74, 6) is 0.820. The molecule has 0 saturated heterocycles. The molecule has 0 fully saturated rings. The van der Waals surface area contributed by atoms with E-state index < -0.39 is 0 Å². The van der Waals surface area contributed by atoms with Crippen molar-refractivity contribution < 1.29 is 9.53 Å². The first-order valence-electron chi connectivity index (χ1n) is 7.20. The first-order valence-corrected chi connectivity index (χ1v) is 7.57. The number of aromatic nitrogens is 1. The molecule has 0 radical (unpaired) electrons. The summed E-state index contributed by atoms with van der Waals surface area (Å²) in [6.45, 7) is 2.95. The molecule has 0 aliphatic carbocycles. The molecule has 2 rings (SSSR count). The molecule has 1 heterocycles. The lowest BCUT2D eigenvalue weighted by Crippen LogP contribution is -2.23. The summed E-state index contributed by atoms with van der Waals surface area (Å²) >= 11 is 5.89. The Labute approximate surface area is 135 Å². The van der Waals surface area contributed by atoms with Gasteiger partial charge in [0.25, 0.3) is 0 Å². The molecule has 0 unspecified atom stereocenters. The molecule has 5 heteroatoms. The summed E-state index contributed by atoms with van der Waals surface area (Å²) in [6.07, 6.45) is 4.56. The molecule has 0 spiro atoms. The number of rotatable bonds is 7. The number of nitrogens with zero attached hydrogens (tertiary/aromatic N) is 1. The lowest BCUT2D eigenvalue weighted by molar-refractivity contribution is -0.121. The van der Waals surface area contributed by atoms with Gasteiger partial charge in [-0.1, -0.05) is 17.7 Å². The second kappa shape index (κ2) is 8.39. The standard InChI is InChI=1S/C17H19ClN2O2/c1-13-10-15(18)6-7-16(13)22-9-3-5-17(21)20-12-14-4-2-8-19-11-14/h2,4,6-8,10-11H,3,5,9,12H2,1H3,(H,20,21). The van der Waals surface area contributed by atoms with E-state index in [0.717, 1.165) is 16.9 Å². The van der Waals surface area contributed by atoms with Gasteiger partial charge >= 0.3 is 0 Å². The van der Waals surface area contributed by atoms with E-state index in [1.54, 1.807) is 18.5 Å². The van der Waals surface area contributed by atoms with Crippen molar-refractivity contribution in [2.24, 2.45) is 0 Å². The third kappa shape index (κ3) is 5.37. The van der Waals surface area contributed by atoms with Crippen molar-refractivity contribution in [2.75, 3.05) is 6.61 Å². The fourth-order valence-electron chi connectivity index (χ4n) is 1.98. The summed E-state index contributed by atoms with van der Waals surface area (Å²) in [4.78, 5) is 15.7. The second-order valence-electron chi connectivity index (χ2n) is 5.00.